The maximum absolute atomic E-state index is 13.2. The Balaban J connectivity index is 1.97. The van der Waals surface area contributed by atoms with Gasteiger partial charge in [-0.3, -0.25) is 5.10 Å². The van der Waals surface area contributed by atoms with E-state index in [1.54, 1.807) is 19.2 Å². The number of H-pyrrole nitrogens is 1. The van der Waals surface area contributed by atoms with E-state index in [4.69, 9.17) is 4.74 Å². The fourth-order valence-electron chi connectivity index (χ4n) is 1.92. The molecule has 0 fully saturated rings. The lowest BCUT2D eigenvalue weighted by atomic mass is 10.2. The van der Waals surface area contributed by atoms with Gasteiger partial charge in [0.05, 0.1) is 7.11 Å². The highest BCUT2D eigenvalue weighted by Crippen LogP contribution is 2.23. The van der Waals surface area contributed by atoms with Crippen LogP contribution in [-0.4, -0.2) is 22.3 Å². The highest BCUT2D eigenvalue weighted by atomic mass is 19.1. The molecule has 0 aliphatic rings. The standard InChI is InChI=1S/C15H12FN3O/c1-20-13-7-3-5-11(9-13)15-17-14(18-19-15)10-4-2-6-12(16)8-10/h2-9H,1H3,(H,17,18,19). The van der Waals surface area contributed by atoms with Gasteiger partial charge in [0, 0.05) is 11.1 Å². The second kappa shape index (κ2) is 5.13. The molecule has 1 N–H and O–H groups in total. The van der Waals surface area contributed by atoms with Crippen molar-refractivity contribution in [3.05, 3.63) is 54.3 Å². The number of nitrogens with one attached hydrogen (secondary N) is 1. The molecule has 5 heteroatoms. The fourth-order valence-corrected chi connectivity index (χ4v) is 1.92. The summed E-state index contributed by atoms with van der Waals surface area (Å²) in [6, 6.07) is 13.7. The Morgan fingerprint density at radius 3 is 2.65 bits per heavy atom. The zero-order valence-electron chi connectivity index (χ0n) is 10.8. The van der Waals surface area contributed by atoms with Crippen LogP contribution in [0.3, 0.4) is 0 Å². The van der Waals surface area contributed by atoms with Crippen molar-refractivity contribution in [2.75, 3.05) is 7.11 Å². The van der Waals surface area contributed by atoms with Crippen LogP contribution in [0.25, 0.3) is 22.8 Å². The summed E-state index contributed by atoms with van der Waals surface area (Å²) in [5.74, 6) is 1.51. The molecule has 20 heavy (non-hydrogen) atoms. The first-order valence-electron chi connectivity index (χ1n) is 6.09. The molecule has 3 rings (SSSR count). The third kappa shape index (κ3) is 2.38. The molecule has 0 aliphatic heterocycles. The summed E-state index contributed by atoms with van der Waals surface area (Å²) in [4.78, 5) is 4.38. The van der Waals surface area contributed by atoms with Crippen LogP contribution in [0.1, 0.15) is 0 Å². The summed E-state index contributed by atoms with van der Waals surface area (Å²) in [5.41, 5.74) is 1.50. The number of hydrogen-bond acceptors (Lipinski definition) is 3. The van der Waals surface area contributed by atoms with Gasteiger partial charge in [-0.25, -0.2) is 9.37 Å². The number of rotatable bonds is 3. The predicted molar refractivity (Wildman–Crippen MR) is 73.8 cm³/mol. The van der Waals surface area contributed by atoms with Gasteiger partial charge in [0.1, 0.15) is 11.6 Å². The lowest BCUT2D eigenvalue weighted by Gasteiger charge is -2.00. The van der Waals surface area contributed by atoms with E-state index in [-0.39, 0.29) is 5.82 Å². The summed E-state index contributed by atoms with van der Waals surface area (Å²) >= 11 is 0. The number of methoxy groups -OCH3 is 1. The summed E-state index contributed by atoms with van der Waals surface area (Å²) in [7, 11) is 1.61. The van der Waals surface area contributed by atoms with E-state index in [0.717, 1.165) is 11.3 Å². The number of aromatic amines is 1. The van der Waals surface area contributed by atoms with Gasteiger partial charge in [-0.15, -0.1) is 0 Å². The SMILES string of the molecule is COc1cccc(-c2nc(-c3cccc(F)c3)n[nH]2)c1. The molecule has 0 saturated carbocycles. The lowest BCUT2D eigenvalue weighted by Crippen LogP contribution is -1.85. The number of hydrogen-bond donors (Lipinski definition) is 1. The number of aromatic nitrogens is 3. The van der Waals surface area contributed by atoms with Crippen molar-refractivity contribution in [2.45, 2.75) is 0 Å². The van der Waals surface area contributed by atoms with Crippen LogP contribution in [-0.2, 0) is 0 Å². The molecule has 0 bridgehead atoms. The normalized spacial score (nSPS) is 10.5. The zero-order chi connectivity index (χ0) is 13.9. The molecule has 0 unspecified atom stereocenters. The molecule has 0 atom stereocenters. The molecular weight excluding hydrogens is 257 g/mol. The van der Waals surface area contributed by atoms with E-state index >= 15 is 0 Å². The summed E-state index contributed by atoms with van der Waals surface area (Å²) < 4.78 is 18.4. The topological polar surface area (TPSA) is 50.8 Å². The average Bonchev–Trinajstić information content (AvgIpc) is 2.97. The van der Waals surface area contributed by atoms with Crippen molar-refractivity contribution in [1.29, 1.82) is 0 Å². The first kappa shape index (κ1) is 12.3. The maximum Gasteiger partial charge on any atom is 0.181 e. The number of ether oxygens (including phenoxy) is 1. The second-order valence-electron chi connectivity index (χ2n) is 4.25. The van der Waals surface area contributed by atoms with Crippen LogP contribution >= 0.6 is 0 Å². The Morgan fingerprint density at radius 2 is 1.85 bits per heavy atom. The molecule has 100 valence electrons. The van der Waals surface area contributed by atoms with Crippen LogP contribution in [0.15, 0.2) is 48.5 Å². The van der Waals surface area contributed by atoms with Crippen molar-refractivity contribution in [3.8, 4) is 28.5 Å². The van der Waals surface area contributed by atoms with Gasteiger partial charge in [-0.1, -0.05) is 24.3 Å². The minimum absolute atomic E-state index is 0.310. The smallest absolute Gasteiger partial charge is 0.181 e. The summed E-state index contributed by atoms with van der Waals surface area (Å²) in [6.45, 7) is 0. The van der Waals surface area contributed by atoms with Gasteiger partial charge < -0.3 is 4.74 Å². The number of halogens is 1. The zero-order valence-corrected chi connectivity index (χ0v) is 10.8. The Morgan fingerprint density at radius 1 is 1.05 bits per heavy atom. The third-order valence-corrected chi connectivity index (χ3v) is 2.91. The quantitative estimate of drug-likeness (QED) is 0.793. The predicted octanol–water partition coefficient (Wildman–Crippen LogP) is 3.29. The van der Waals surface area contributed by atoms with Crippen LogP contribution in [0.4, 0.5) is 4.39 Å². The van der Waals surface area contributed by atoms with E-state index in [2.05, 4.69) is 15.2 Å². The first-order valence-corrected chi connectivity index (χ1v) is 6.09. The minimum Gasteiger partial charge on any atom is -0.497 e. The van der Waals surface area contributed by atoms with Gasteiger partial charge in [0.2, 0.25) is 0 Å². The van der Waals surface area contributed by atoms with Crippen LogP contribution in [0, 0.1) is 5.82 Å². The molecule has 0 aliphatic carbocycles. The number of nitrogens with zero attached hydrogens (tertiary/aromatic N) is 2. The second-order valence-corrected chi connectivity index (χ2v) is 4.25. The Kier molecular flexibility index (Phi) is 3.16. The Bertz CT molecular complexity index is 739. The number of benzene rings is 2. The average molecular weight is 269 g/mol. The van der Waals surface area contributed by atoms with Crippen molar-refractivity contribution in [2.24, 2.45) is 0 Å². The Hall–Kier alpha value is -2.69. The minimum atomic E-state index is -0.310. The van der Waals surface area contributed by atoms with Gasteiger partial charge in [-0.2, -0.15) is 5.10 Å². The highest BCUT2D eigenvalue weighted by Gasteiger charge is 2.08. The molecule has 1 aromatic heterocycles. The fraction of sp³-hybridized carbons (Fsp3) is 0.0667. The molecule has 0 amide bonds. The van der Waals surface area contributed by atoms with Crippen molar-refractivity contribution >= 4 is 0 Å². The highest BCUT2D eigenvalue weighted by molar-refractivity contribution is 5.62. The molecule has 0 saturated heterocycles. The van der Waals surface area contributed by atoms with Crippen molar-refractivity contribution < 1.29 is 9.13 Å². The van der Waals surface area contributed by atoms with Crippen LogP contribution in [0.2, 0.25) is 0 Å². The van der Waals surface area contributed by atoms with Gasteiger partial charge in [-0.05, 0) is 24.3 Å². The molecule has 1 heterocycles. The molecular formula is C15H12FN3O. The van der Waals surface area contributed by atoms with E-state index in [0.29, 0.717) is 17.2 Å². The van der Waals surface area contributed by atoms with E-state index in [1.165, 1.54) is 12.1 Å². The molecule has 0 spiro atoms. The molecule has 4 nitrogen and oxygen atoms in total. The maximum atomic E-state index is 13.2. The van der Waals surface area contributed by atoms with E-state index in [1.807, 2.05) is 24.3 Å². The summed E-state index contributed by atoms with van der Waals surface area (Å²) in [5, 5.41) is 6.97. The van der Waals surface area contributed by atoms with Crippen molar-refractivity contribution in [1.82, 2.24) is 15.2 Å². The van der Waals surface area contributed by atoms with Gasteiger partial charge in [0.25, 0.3) is 0 Å². The largest absolute Gasteiger partial charge is 0.497 e. The Labute approximate surface area is 115 Å². The molecule has 3 aromatic rings. The van der Waals surface area contributed by atoms with Gasteiger partial charge in [0.15, 0.2) is 11.6 Å². The first-order chi connectivity index (χ1) is 9.76. The monoisotopic (exact) mass is 269 g/mol. The lowest BCUT2D eigenvalue weighted by molar-refractivity contribution is 0.415. The van der Waals surface area contributed by atoms with E-state index in [9.17, 15) is 4.39 Å². The molecule has 0 radical (unpaired) electrons. The van der Waals surface area contributed by atoms with Crippen LogP contribution in [0.5, 0.6) is 5.75 Å². The third-order valence-electron chi connectivity index (χ3n) is 2.91. The van der Waals surface area contributed by atoms with Crippen LogP contribution < -0.4 is 4.74 Å². The molecule has 2 aromatic carbocycles. The summed E-state index contributed by atoms with van der Waals surface area (Å²) in [6.07, 6.45) is 0. The van der Waals surface area contributed by atoms with E-state index < -0.39 is 0 Å². The van der Waals surface area contributed by atoms with Crippen molar-refractivity contribution in [3.63, 3.8) is 0 Å². The van der Waals surface area contributed by atoms with Gasteiger partial charge >= 0.3 is 0 Å².